The van der Waals surface area contributed by atoms with Gasteiger partial charge in [0, 0.05) is 6.20 Å². The molecule has 8 heteroatoms. The Morgan fingerprint density at radius 2 is 1.70 bits per heavy atom. The molecule has 23 heavy (non-hydrogen) atoms. The molecule has 0 fully saturated rings. The van der Waals surface area contributed by atoms with Gasteiger partial charge in [0.1, 0.15) is 5.69 Å². The molecule has 0 atom stereocenters. The molecular weight excluding hydrogens is 300 g/mol. The highest BCUT2D eigenvalue weighted by atomic mass is 16.4. The molecule has 0 bridgehead atoms. The first kappa shape index (κ1) is 14.4. The van der Waals surface area contributed by atoms with Crippen LogP contribution in [0.4, 0.5) is 0 Å². The summed E-state index contributed by atoms with van der Waals surface area (Å²) in [5.74, 6) is -2.27. The van der Waals surface area contributed by atoms with E-state index >= 15 is 0 Å². The molecule has 1 aromatic carbocycles. The Morgan fingerprint density at radius 3 is 2.26 bits per heavy atom. The van der Waals surface area contributed by atoms with Crippen LogP contribution in [0.3, 0.4) is 0 Å². The average molecular weight is 310 g/mol. The first-order valence-corrected chi connectivity index (χ1v) is 6.52. The van der Waals surface area contributed by atoms with Gasteiger partial charge in [0.25, 0.3) is 0 Å². The molecule has 0 spiro atoms. The summed E-state index contributed by atoms with van der Waals surface area (Å²) < 4.78 is 1.32. The standard InChI is InChI=1S/C15H10N4O4/c20-14(21)9-4-6-10(7-5-9)19-13(11-3-1-2-8-16-11)12(15(22)23)17-18-19/h1-8H,(H,20,21)(H,22,23). The van der Waals surface area contributed by atoms with E-state index in [4.69, 9.17) is 5.11 Å². The largest absolute Gasteiger partial charge is 0.478 e. The number of hydrogen-bond donors (Lipinski definition) is 2. The van der Waals surface area contributed by atoms with Gasteiger partial charge < -0.3 is 10.2 Å². The second-order valence-electron chi connectivity index (χ2n) is 4.57. The Morgan fingerprint density at radius 1 is 0.957 bits per heavy atom. The van der Waals surface area contributed by atoms with Gasteiger partial charge >= 0.3 is 11.9 Å². The summed E-state index contributed by atoms with van der Waals surface area (Å²) in [6, 6.07) is 10.9. The molecule has 3 aromatic rings. The molecule has 2 aromatic heterocycles. The van der Waals surface area contributed by atoms with E-state index in [0.29, 0.717) is 11.4 Å². The molecule has 0 amide bonds. The van der Waals surface area contributed by atoms with Crippen LogP contribution in [-0.2, 0) is 0 Å². The van der Waals surface area contributed by atoms with Crippen LogP contribution in [-0.4, -0.2) is 42.1 Å². The first-order valence-electron chi connectivity index (χ1n) is 6.52. The van der Waals surface area contributed by atoms with E-state index in [1.807, 2.05) is 0 Å². The maximum Gasteiger partial charge on any atom is 0.358 e. The number of pyridine rings is 1. The summed E-state index contributed by atoms with van der Waals surface area (Å²) in [6.07, 6.45) is 1.53. The smallest absolute Gasteiger partial charge is 0.358 e. The van der Waals surface area contributed by atoms with Crippen LogP contribution in [0.1, 0.15) is 20.8 Å². The van der Waals surface area contributed by atoms with Crippen LogP contribution in [0.15, 0.2) is 48.7 Å². The zero-order valence-corrected chi connectivity index (χ0v) is 11.6. The van der Waals surface area contributed by atoms with Crippen molar-refractivity contribution < 1.29 is 19.8 Å². The zero-order chi connectivity index (χ0) is 16.4. The number of hydrogen-bond acceptors (Lipinski definition) is 5. The highest BCUT2D eigenvalue weighted by Gasteiger charge is 2.22. The van der Waals surface area contributed by atoms with E-state index in [0.717, 1.165) is 0 Å². The van der Waals surface area contributed by atoms with Crippen molar-refractivity contribution in [2.75, 3.05) is 0 Å². The fourth-order valence-electron chi connectivity index (χ4n) is 2.08. The highest BCUT2D eigenvalue weighted by molar-refractivity contribution is 5.92. The topological polar surface area (TPSA) is 118 Å². The van der Waals surface area contributed by atoms with Crippen LogP contribution < -0.4 is 0 Å². The van der Waals surface area contributed by atoms with Crippen molar-refractivity contribution in [2.45, 2.75) is 0 Å². The molecule has 2 heterocycles. The third-order valence-corrected chi connectivity index (χ3v) is 3.14. The quantitative estimate of drug-likeness (QED) is 0.753. The van der Waals surface area contributed by atoms with Gasteiger partial charge in [-0.2, -0.15) is 0 Å². The van der Waals surface area contributed by atoms with E-state index in [2.05, 4.69) is 15.3 Å². The van der Waals surface area contributed by atoms with Crippen molar-refractivity contribution >= 4 is 11.9 Å². The Bertz CT molecular complexity index is 872. The summed E-state index contributed by atoms with van der Waals surface area (Å²) in [4.78, 5) is 26.4. The fraction of sp³-hybridized carbons (Fsp3) is 0. The molecule has 0 saturated carbocycles. The molecule has 0 unspecified atom stereocenters. The van der Waals surface area contributed by atoms with Gasteiger partial charge in [0.2, 0.25) is 0 Å². The van der Waals surface area contributed by atoms with Gasteiger partial charge in [0.05, 0.1) is 16.9 Å². The van der Waals surface area contributed by atoms with Crippen LogP contribution >= 0.6 is 0 Å². The van der Waals surface area contributed by atoms with Crippen molar-refractivity contribution in [1.82, 2.24) is 20.0 Å². The Hall–Kier alpha value is -3.55. The summed E-state index contributed by atoms with van der Waals surface area (Å²) >= 11 is 0. The SMILES string of the molecule is O=C(O)c1ccc(-n2nnc(C(=O)O)c2-c2ccccn2)cc1. The number of aromatic nitrogens is 4. The highest BCUT2D eigenvalue weighted by Crippen LogP contribution is 2.23. The van der Waals surface area contributed by atoms with E-state index in [9.17, 15) is 14.7 Å². The third kappa shape index (κ3) is 2.64. The van der Waals surface area contributed by atoms with E-state index < -0.39 is 11.9 Å². The lowest BCUT2D eigenvalue weighted by atomic mass is 10.2. The van der Waals surface area contributed by atoms with Crippen LogP contribution in [0.5, 0.6) is 0 Å². The molecule has 0 aliphatic carbocycles. The number of rotatable bonds is 4. The number of nitrogens with zero attached hydrogens (tertiary/aromatic N) is 4. The minimum atomic E-state index is -1.22. The van der Waals surface area contributed by atoms with Crippen molar-refractivity contribution in [3.63, 3.8) is 0 Å². The molecule has 8 nitrogen and oxygen atoms in total. The zero-order valence-electron chi connectivity index (χ0n) is 11.6. The Kier molecular flexibility index (Phi) is 3.55. The molecule has 2 N–H and O–H groups in total. The van der Waals surface area contributed by atoms with Gasteiger partial charge in [-0.05, 0) is 36.4 Å². The molecule has 0 radical (unpaired) electrons. The van der Waals surface area contributed by atoms with Gasteiger partial charge in [-0.1, -0.05) is 11.3 Å². The van der Waals surface area contributed by atoms with Crippen molar-refractivity contribution in [1.29, 1.82) is 0 Å². The summed E-state index contributed by atoms with van der Waals surface area (Å²) in [5.41, 5.74) is 0.992. The van der Waals surface area contributed by atoms with Crippen molar-refractivity contribution in [2.24, 2.45) is 0 Å². The average Bonchev–Trinajstić information content (AvgIpc) is 3.01. The van der Waals surface area contributed by atoms with Crippen LogP contribution in [0, 0.1) is 0 Å². The summed E-state index contributed by atoms with van der Waals surface area (Å²) in [5, 5.41) is 25.8. The monoisotopic (exact) mass is 310 g/mol. The lowest BCUT2D eigenvalue weighted by Crippen LogP contribution is -2.04. The van der Waals surface area contributed by atoms with Crippen molar-refractivity contribution in [3.8, 4) is 17.1 Å². The minimum Gasteiger partial charge on any atom is -0.478 e. The molecular formula is C15H10N4O4. The number of benzene rings is 1. The Balaban J connectivity index is 2.16. The third-order valence-electron chi connectivity index (χ3n) is 3.14. The maximum atomic E-state index is 11.4. The van der Waals surface area contributed by atoms with E-state index in [-0.39, 0.29) is 17.0 Å². The van der Waals surface area contributed by atoms with Crippen LogP contribution in [0.25, 0.3) is 17.1 Å². The second-order valence-corrected chi connectivity index (χ2v) is 4.57. The molecule has 3 rings (SSSR count). The normalized spacial score (nSPS) is 10.4. The summed E-state index contributed by atoms with van der Waals surface area (Å²) in [7, 11) is 0. The van der Waals surface area contributed by atoms with Gasteiger partial charge in [-0.25, -0.2) is 14.3 Å². The lowest BCUT2D eigenvalue weighted by molar-refractivity contribution is 0.0683. The number of carboxylic acids is 2. The molecule has 0 aliphatic rings. The number of carboxylic acid groups (broad SMARTS) is 2. The summed E-state index contributed by atoms with van der Waals surface area (Å²) in [6.45, 7) is 0. The number of carbonyl (C=O) groups is 2. The van der Waals surface area contributed by atoms with Gasteiger partial charge in [-0.3, -0.25) is 4.98 Å². The lowest BCUT2D eigenvalue weighted by Gasteiger charge is -2.06. The molecule has 0 aliphatic heterocycles. The predicted octanol–water partition coefficient (Wildman–Crippen LogP) is 1.73. The van der Waals surface area contributed by atoms with E-state index in [1.165, 1.54) is 35.1 Å². The van der Waals surface area contributed by atoms with Crippen molar-refractivity contribution in [3.05, 3.63) is 59.9 Å². The first-order chi connectivity index (χ1) is 11.1. The van der Waals surface area contributed by atoms with Gasteiger partial charge in [-0.15, -0.1) is 5.10 Å². The van der Waals surface area contributed by atoms with E-state index in [1.54, 1.807) is 18.2 Å². The van der Waals surface area contributed by atoms with Crippen LogP contribution in [0.2, 0.25) is 0 Å². The second kappa shape index (κ2) is 5.68. The minimum absolute atomic E-state index is 0.117. The fourth-order valence-corrected chi connectivity index (χ4v) is 2.08. The van der Waals surface area contributed by atoms with Gasteiger partial charge in [0.15, 0.2) is 5.69 Å². The molecule has 0 saturated heterocycles. The molecule has 114 valence electrons. The maximum absolute atomic E-state index is 11.4. The predicted molar refractivity (Wildman–Crippen MR) is 78.5 cm³/mol. The number of aromatic carboxylic acids is 2. The Labute approximate surface area is 129 Å².